The van der Waals surface area contributed by atoms with Gasteiger partial charge in [0.15, 0.2) is 0 Å². The molecular weight excluding hydrogens is 332 g/mol. The molecule has 0 atom stereocenters. The zero-order valence-electron chi connectivity index (χ0n) is 14.8. The van der Waals surface area contributed by atoms with Crippen LogP contribution >= 0.6 is 11.3 Å². The fourth-order valence-corrected chi connectivity index (χ4v) is 3.76. The summed E-state index contributed by atoms with van der Waals surface area (Å²) in [5.41, 5.74) is 1.53. The first-order chi connectivity index (χ1) is 12.3. The van der Waals surface area contributed by atoms with Crippen molar-refractivity contribution in [1.29, 1.82) is 0 Å². The monoisotopic (exact) mass is 358 g/mol. The number of nitrogens with one attached hydrogen (secondary N) is 1. The summed E-state index contributed by atoms with van der Waals surface area (Å²) in [5, 5.41) is 5.05. The lowest BCUT2D eigenvalue weighted by Crippen LogP contribution is -2.46. The average molecular weight is 359 g/mol. The van der Waals surface area contributed by atoms with Crippen molar-refractivity contribution in [1.82, 2.24) is 20.1 Å². The molecule has 1 saturated heterocycles. The minimum Gasteiger partial charge on any atom is -0.352 e. The third kappa shape index (κ3) is 5.11. The Morgan fingerprint density at radius 2 is 2.04 bits per heavy atom. The molecule has 0 spiro atoms. The molecule has 0 bridgehead atoms. The number of carbonyl (C=O) groups excluding carboxylic acids is 1. The van der Waals surface area contributed by atoms with Crippen molar-refractivity contribution in [2.24, 2.45) is 0 Å². The Hall–Kier alpha value is -1.76. The van der Waals surface area contributed by atoms with Gasteiger partial charge in [0.1, 0.15) is 0 Å². The maximum absolute atomic E-state index is 12.3. The number of hydrogen-bond acceptors (Lipinski definition) is 5. The summed E-state index contributed by atoms with van der Waals surface area (Å²) >= 11 is 1.63. The van der Waals surface area contributed by atoms with Gasteiger partial charge in [-0.2, -0.15) is 0 Å². The minimum atomic E-state index is -0.0176. The third-order valence-electron chi connectivity index (χ3n) is 4.64. The second-order valence-electron chi connectivity index (χ2n) is 6.29. The van der Waals surface area contributed by atoms with Crippen LogP contribution in [0, 0.1) is 0 Å². The van der Waals surface area contributed by atoms with Crippen LogP contribution in [0.2, 0.25) is 0 Å². The topological polar surface area (TPSA) is 48.5 Å². The van der Waals surface area contributed by atoms with Gasteiger partial charge < -0.3 is 15.1 Å². The Balaban J connectivity index is 1.42. The highest BCUT2D eigenvalue weighted by atomic mass is 32.1. The van der Waals surface area contributed by atoms with E-state index in [1.54, 1.807) is 23.6 Å². The van der Waals surface area contributed by atoms with Gasteiger partial charge in [-0.15, -0.1) is 11.3 Å². The first kappa shape index (κ1) is 18.0. The lowest BCUT2D eigenvalue weighted by Gasteiger charge is -2.33. The van der Waals surface area contributed by atoms with Crippen LogP contribution in [0.25, 0.3) is 10.6 Å². The molecule has 3 rings (SSSR count). The maximum atomic E-state index is 12.3. The second kappa shape index (κ2) is 9.08. The largest absolute Gasteiger partial charge is 0.352 e. The molecule has 0 saturated carbocycles. The Bertz CT molecular complexity index is 666. The molecule has 2 aromatic rings. The molecule has 1 aliphatic rings. The summed E-state index contributed by atoms with van der Waals surface area (Å²) in [6, 6.07) is 7.66. The number of likely N-dealkylation sites (N-methyl/N-ethyl adjacent to an activating group) is 1. The Morgan fingerprint density at radius 1 is 1.24 bits per heavy atom. The number of aromatic nitrogens is 1. The fraction of sp³-hybridized carbons (Fsp3) is 0.474. The van der Waals surface area contributed by atoms with Crippen LogP contribution < -0.4 is 5.32 Å². The van der Waals surface area contributed by atoms with E-state index < -0.39 is 0 Å². The van der Waals surface area contributed by atoms with Gasteiger partial charge in [0.2, 0.25) is 0 Å². The van der Waals surface area contributed by atoms with E-state index in [1.807, 2.05) is 23.6 Å². The molecule has 6 heteroatoms. The van der Waals surface area contributed by atoms with E-state index in [4.69, 9.17) is 0 Å². The van der Waals surface area contributed by atoms with Crippen molar-refractivity contribution >= 4 is 17.2 Å². The van der Waals surface area contributed by atoms with E-state index in [0.717, 1.165) is 56.3 Å². The molecule has 1 N–H and O–H groups in total. The van der Waals surface area contributed by atoms with E-state index in [0.29, 0.717) is 12.1 Å². The summed E-state index contributed by atoms with van der Waals surface area (Å²) in [7, 11) is 0. The van der Waals surface area contributed by atoms with Crippen LogP contribution in [0.1, 0.15) is 23.7 Å². The van der Waals surface area contributed by atoms with E-state index in [-0.39, 0.29) is 5.91 Å². The molecule has 25 heavy (non-hydrogen) atoms. The van der Waals surface area contributed by atoms with Crippen molar-refractivity contribution in [2.75, 3.05) is 45.8 Å². The van der Waals surface area contributed by atoms with E-state index >= 15 is 0 Å². The highest BCUT2D eigenvalue weighted by Gasteiger charge is 2.15. The molecule has 2 aromatic heterocycles. The number of pyridine rings is 1. The number of piperazine rings is 1. The first-order valence-corrected chi connectivity index (χ1v) is 9.87. The standard InChI is InChI=1S/C19H26N4OS/c1-2-22-10-12-23(13-11-22)9-4-7-21-19(24)16-6-8-20-17(15-16)18-5-3-14-25-18/h3,5-6,8,14-15H,2,4,7,9-13H2,1H3,(H,21,24). The van der Waals surface area contributed by atoms with Crippen LogP contribution in [0.4, 0.5) is 0 Å². The SMILES string of the molecule is CCN1CCN(CCCNC(=O)c2ccnc(-c3cccs3)c2)CC1. The Kier molecular flexibility index (Phi) is 6.55. The molecule has 3 heterocycles. The zero-order chi connectivity index (χ0) is 17.5. The average Bonchev–Trinajstić information content (AvgIpc) is 3.20. The van der Waals surface area contributed by atoms with Gasteiger partial charge in [0.05, 0.1) is 10.6 Å². The van der Waals surface area contributed by atoms with Crippen LogP contribution in [-0.2, 0) is 0 Å². The molecule has 0 aliphatic carbocycles. The second-order valence-corrected chi connectivity index (χ2v) is 7.24. The van der Waals surface area contributed by atoms with Gasteiger partial charge in [0, 0.05) is 44.5 Å². The van der Waals surface area contributed by atoms with Gasteiger partial charge in [0.25, 0.3) is 5.91 Å². The predicted molar refractivity (Wildman–Crippen MR) is 103 cm³/mol. The predicted octanol–water partition coefficient (Wildman–Crippen LogP) is 2.57. The number of rotatable bonds is 7. The molecule has 1 aliphatic heterocycles. The van der Waals surface area contributed by atoms with Crippen LogP contribution in [0.15, 0.2) is 35.8 Å². The maximum Gasteiger partial charge on any atom is 0.251 e. The number of hydrogen-bond donors (Lipinski definition) is 1. The zero-order valence-corrected chi connectivity index (χ0v) is 15.6. The van der Waals surface area contributed by atoms with Gasteiger partial charge in [-0.1, -0.05) is 13.0 Å². The van der Waals surface area contributed by atoms with Crippen LogP contribution in [-0.4, -0.2) is 66.5 Å². The normalized spacial score (nSPS) is 16.0. The van der Waals surface area contributed by atoms with Crippen molar-refractivity contribution < 1.29 is 4.79 Å². The number of thiophene rings is 1. The van der Waals surface area contributed by atoms with Crippen molar-refractivity contribution in [3.05, 3.63) is 41.4 Å². The summed E-state index contributed by atoms with van der Waals surface area (Å²) < 4.78 is 0. The molecule has 0 unspecified atom stereocenters. The third-order valence-corrected chi connectivity index (χ3v) is 5.54. The fourth-order valence-electron chi connectivity index (χ4n) is 3.07. The van der Waals surface area contributed by atoms with Gasteiger partial charge in [-0.25, -0.2) is 0 Å². The first-order valence-electron chi connectivity index (χ1n) is 8.99. The Morgan fingerprint density at radius 3 is 2.76 bits per heavy atom. The van der Waals surface area contributed by atoms with E-state index in [1.165, 1.54) is 0 Å². The lowest BCUT2D eigenvalue weighted by molar-refractivity contribution is 0.0948. The molecule has 5 nitrogen and oxygen atoms in total. The molecule has 0 aromatic carbocycles. The quantitative estimate of drug-likeness (QED) is 0.773. The summed E-state index contributed by atoms with van der Waals surface area (Å²) in [4.78, 5) is 22.7. The molecule has 1 amide bonds. The summed E-state index contributed by atoms with van der Waals surface area (Å²) in [6.07, 6.45) is 2.69. The van der Waals surface area contributed by atoms with Gasteiger partial charge in [-0.3, -0.25) is 9.78 Å². The summed E-state index contributed by atoms with van der Waals surface area (Å²) in [6.45, 7) is 9.71. The van der Waals surface area contributed by atoms with Crippen molar-refractivity contribution in [3.63, 3.8) is 0 Å². The minimum absolute atomic E-state index is 0.0176. The number of carbonyl (C=O) groups is 1. The van der Waals surface area contributed by atoms with Crippen LogP contribution in [0.5, 0.6) is 0 Å². The van der Waals surface area contributed by atoms with E-state index in [9.17, 15) is 4.79 Å². The van der Waals surface area contributed by atoms with Crippen molar-refractivity contribution in [2.45, 2.75) is 13.3 Å². The Labute approximate surface area is 153 Å². The highest BCUT2D eigenvalue weighted by Crippen LogP contribution is 2.22. The molecule has 1 fully saturated rings. The summed E-state index contributed by atoms with van der Waals surface area (Å²) in [5.74, 6) is -0.0176. The van der Waals surface area contributed by atoms with Crippen LogP contribution in [0.3, 0.4) is 0 Å². The number of nitrogens with zero attached hydrogens (tertiary/aromatic N) is 3. The van der Waals surface area contributed by atoms with E-state index in [2.05, 4.69) is 27.0 Å². The van der Waals surface area contributed by atoms with Gasteiger partial charge in [-0.05, 0) is 43.1 Å². The molecule has 134 valence electrons. The number of amides is 1. The highest BCUT2D eigenvalue weighted by molar-refractivity contribution is 7.13. The molecule has 0 radical (unpaired) electrons. The smallest absolute Gasteiger partial charge is 0.251 e. The van der Waals surface area contributed by atoms with Crippen molar-refractivity contribution in [3.8, 4) is 10.6 Å². The molecular formula is C19H26N4OS. The van der Waals surface area contributed by atoms with Gasteiger partial charge >= 0.3 is 0 Å². The lowest BCUT2D eigenvalue weighted by atomic mass is 10.2.